The van der Waals surface area contributed by atoms with E-state index in [1.807, 2.05) is 0 Å². The topological polar surface area (TPSA) is 52.6 Å². The number of unbranched alkanes of at least 4 members (excludes halogenated alkanes) is 1. The van der Waals surface area contributed by atoms with E-state index in [4.69, 9.17) is 0 Å². The minimum absolute atomic E-state index is 0.325. The molecule has 4 nitrogen and oxygen atoms in total. The van der Waals surface area contributed by atoms with Crippen molar-refractivity contribution in [1.29, 1.82) is 0 Å². The molecule has 0 aromatic rings. The van der Waals surface area contributed by atoms with Crippen LogP contribution in [0, 0.1) is 0 Å². The number of methoxy groups -OCH3 is 2. The minimum Gasteiger partial charge on any atom is -0.466 e. The van der Waals surface area contributed by atoms with Gasteiger partial charge >= 0.3 is 11.9 Å². The van der Waals surface area contributed by atoms with Gasteiger partial charge in [0.15, 0.2) is 0 Å². The van der Waals surface area contributed by atoms with Crippen molar-refractivity contribution >= 4 is 11.9 Å². The number of carbonyl (C=O) groups is 2. The first-order valence-electron chi connectivity index (χ1n) is 5.03. The molecule has 0 aliphatic heterocycles. The van der Waals surface area contributed by atoms with Crippen molar-refractivity contribution in [3.63, 3.8) is 0 Å². The summed E-state index contributed by atoms with van der Waals surface area (Å²) in [6.45, 7) is 3.39. The van der Waals surface area contributed by atoms with E-state index in [-0.39, 0.29) is 11.9 Å². The fourth-order valence-corrected chi connectivity index (χ4v) is 1.09. The Morgan fingerprint density at radius 1 is 0.875 bits per heavy atom. The molecule has 0 aromatic heterocycles. The fourth-order valence-electron chi connectivity index (χ4n) is 1.09. The normalized spacial score (nSPS) is 12.2. The van der Waals surface area contributed by atoms with E-state index < -0.39 is 0 Å². The average molecular weight is 226 g/mol. The molecule has 0 rings (SSSR count). The fraction of sp³-hybridized carbons (Fsp3) is 0.500. The summed E-state index contributed by atoms with van der Waals surface area (Å²) < 4.78 is 9.10. The van der Waals surface area contributed by atoms with Gasteiger partial charge < -0.3 is 9.47 Å². The molecule has 0 amide bonds. The Kier molecular flexibility index (Phi) is 6.92. The number of carbonyl (C=O) groups excluding carboxylic acids is 2. The molecule has 0 fully saturated rings. The van der Waals surface area contributed by atoms with E-state index in [1.54, 1.807) is 26.0 Å². The standard InChI is InChI=1S/C12H18O4/c1-9(11(13)15-3)7-5-6-8-10(2)12(14)16-4/h7-8H,5-6H2,1-4H3/b9-7+,10-8+. The van der Waals surface area contributed by atoms with Crippen LogP contribution < -0.4 is 0 Å². The second-order valence-electron chi connectivity index (χ2n) is 3.33. The molecule has 4 heteroatoms. The second kappa shape index (κ2) is 7.68. The summed E-state index contributed by atoms with van der Waals surface area (Å²) in [5, 5.41) is 0. The number of allylic oxidation sites excluding steroid dienone is 2. The van der Waals surface area contributed by atoms with E-state index in [9.17, 15) is 9.59 Å². The van der Waals surface area contributed by atoms with E-state index >= 15 is 0 Å². The zero-order valence-corrected chi connectivity index (χ0v) is 10.2. The molecule has 16 heavy (non-hydrogen) atoms. The van der Waals surface area contributed by atoms with E-state index in [0.29, 0.717) is 24.0 Å². The highest BCUT2D eigenvalue weighted by molar-refractivity contribution is 5.88. The summed E-state index contributed by atoms with van der Waals surface area (Å²) >= 11 is 0. The second-order valence-corrected chi connectivity index (χ2v) is 3.33. The predicted molar refractivity (Wildman–Crippen MR) is 60.8 cm³/mol. The third-order valence-corrected chi connectivity index (χ3v) is 2.08. The van der Waals surface area contributed by atoms with Gasteiger partial charge in [0, 0.05) is 11.1 Å². The first-order chi connectivity index (χ1) is 7.52. The molecule has 0 N–H and O–H groups in total. The monoisotopic (exact) mass is 226 g/mol. The maximum absolute atomic E-state index is 11.0. The molecule has 0 aliphatic rings. The van der Waals surface area contributed by atoms with Gasteiger partial charge in [-0.1, -0.05) is 12.2 Å². The predicted octanol–water partition coefficient (Wildman–Crippen LogP) is 2.01. The van der Waals surface area contributed by atoms with Crippen LogP contribution in [-0.2, 0) is 19.1 Å². The van der Waals surface area contributed by atoms with E-state index in [2.05, 4.69) is 9.47 Å². The number of ether oxygens (including phenoxy) is 2. The third-order valence-electron chi connectivity index (χ3n) is 2.08. The van der Waals surface area contributed by atoms with Gasteiger partial charge in [-0.05, 0) is 26.7 Å². The zero-order chi connectivity index (χ0) is 12.6. The van der Waals surface area contributed by atoms with Crippen LogP contribution in [0.25, 0.3) is 0 Å². The van der Waals surface area contributed by atoms with Crippen LogP contribution in [0.1, 0.15) is 26.7 Å². The summed E-state index contributed by atoms with van der Waals surface area (Å²) in [5.74, 6) is -0.651. The van der Waals surface area contributed by atoms with Crippen LogP contribution in [0.5, 0.6) is 0 Å². The Labute approximate surface area is 95.9 Å². The van der Waals surface area contributed by atoms with Crippen molar-refractivity contribution < 1.29 is 19.1 Å². The summed E-state index contributed by atoms with van der Waals surface area (Å²) in [5.41, 5.74) is 1.15. The van der Waals surface area contributed by atoms with Gasteiger partial charge in [-0.15, -0.1) is 0 Å². The van der Waals surface area contributed by atoms with Crippen molar-refractivity contribution in [2.75, 3.05) is 14.2 Å². The molecule has 0 aromatic carbocycles. The van der Waals surface area contributed by atoms with Crippen LogP contribution in [0.15, 0.2) is 23.3 Å². The molecular weight excluding hydrogens is 208 g/mol. The largest absolute Gasteiger partial charge is 0.466 e. The van der Waals surface area contributed by atoms with Crippen molar-refractivity contribution in [3.8, 4) is 0 Å². The van der Waals surface area contributed by atoms with Gasteiger partial charge in [-0.25, -0.2) is 9.59 Å². The number of rotatable bonds is 5. The van der Waals surface area contributed by atoms with Crippen molar-refractivity contribution in [1.82, 2.24) is 0 Å². The Morgan fingerprint density at radius 3 is 1.44 bits per heavy atom. The van der Waals surface area contributed by atoms with Crippen LogP contribution >= 0.6 is 0 Å². The molecule has 0 saturated carbocycles. The Hall–Kier alpha value is -1.58. The molecule has 0 bridgehead atoms. The van der Waals surface area contributed by atoms with Crippen molar-refractivity contribution in [2.45, 2.75) is 26.7 Å². The Morgan fingerprint density at radius 2 is 1.19 bits per heavy atom. The Balaban J connectivity index is 4.09. The number of esters is 2. The molecule has 0 unspecified atom stereocenters. The minimum atomic E-state index is -0.325. The average Bonchev–Trinajstić information content (AvgIpc) is 2.31. The lowest BCUT2D eigenvalue weighted by Gasteiger charge is -1.99. The van der Waals surface area contributed by atoms with Gasteiger partial charge in [0.05, 0.1) is 14.2 Å². The zero-order valence-electron chi connectivity index (χ0n) is 10.2. The highest BCUT2D eigenvalue weighted by Gasteiger charge is 2.02. The van der Waals surface area contributed by atoms with Gasteiger partial charge in [-0.3, -0.25) is 0 Å². The first-order valence-corrected chi connectivity index (χ1v) is 5.03. The van der Waals surface area contributed by atoms with Gasteiger partial charge in [0.25, 0.3) is 0 Å². The number of hydrogen-bond donors (Lipinski definition) is 0. The van der Waals surface area contributed by atoms with Crippen molar-refractivity contribution in [3.05, 3.63) is 23.3 Å². The molecule has 0 aliphatic carbocycles. The van der Waals surface area contributed by atoms with Gasteiger partial charge in [0.1, 0.15) is 0 Å². The summed E-state index contributed by atoms with van der Waals surface area (Å²) in [4.78, 5) is 22.0. The third kappa shape index (κ3) is 5.34. The highest BCUT2D eigenvalue weighted by atomic mass is 16.5. The Bertz CT molecular complexity index is 281. The molecule has 0 saturated heterocycles. The van der Waals surface area contributed by atoms with Crippen LogP contribution in [0.3, 0.4) is 0 Å². The molecule has 0 heterocycles. The summed E-state index contributed by atoms with van der Waals surface area (Å²) in [6.07, 6.45) is 4.95. The van der Waals surface area contributed by atoms with E-state index in [0.717, 1.165) is 0 Å². The lowest BCUT2D eigenvalue weighted by atomic mass is 10.1. The van der Waals surface area contributed by atoms with Crippen LogP contribution in [0.2, 0.25) is 0 Å². The van der Waals surface area contributed by atoms with Crippen molar-refractivity contribution in [2.24, 2.45) is 0 Å². The molecule has 0 atom stereocenters. The lowest BCUT2D eigenvalue weighted by molar-refractivity contribution is -0.136. The van der Waals surface area contributed by atoms with Crippen LogP contribution in [-0.4, -0.2) is 26.2 Å². The molecular formula is C12H18O4. The summed E-state index contributed by atoms with van der Waals surface area (Å²) in [6, 6.07) is 0. The van der Waals surface area contributed by atoms with Gasteiger partial charge in [-0.2, -0.15) is 0 Å². The van der Waals surface area contributed by atoms with Gasteiger partial charge in [0.2, 0.25) is 0 Å². The maximum Gasteiger partial charge on any atom is 0.333 e. The molecule has 0 radical (unpaired) electrons. The van der Waals surface area contributed by atoms with E-state index in [1.165, 1.54) is 14.2 Å². The highest BCUT2D eigenvalue weighted by Crippen LogP contribution is 2.04. The van der Waals surface area contributed by atoms with Crippen LogP contribution in [0.4, 0.5) is 0 Å². The summed E-state index contributed by atoms with van der Waals surface area (Å²) in [7, 11) is 2.70. The molecule has 90 valence electrons. The smallest absolute Gasteiger partial charge is 0.333 e. The molecule has 0 spiro atoms. The number of hydrogen-bond acceptors (Lipinski definition) is 4. The SMILES string of the molecule is COC(=O)/C(C)=C/CC/C=C(\C)C(=O)OC. The lowest BCUT2D eigenvalue weighted by Crippen LogP contribution is -2.02. The maximum atomic E-state index is 11.0. The quantitative estimate of drug-likeness (QED) is 0.409. The first kappa shape index (κ1) is 14.4.